The molecule has 1 aliphatic carbocycles. The van der Waals surface area contributed by atoms with Gasteiger partial charge in [0.05, 0.1) is 5.92 Å². The van der Waals surface area contributed by atoms with Crippen LogP contribution in [-0.2, 0) is 16.0 Å². The van der Waals surface area contributed by atoms with Crippen LogP contribution in [0.4, 0.5) is 24.7 Å². The monoisotopic (exact) mass is 689 g/mol. The zero-order valence-corrected chi connectivity index (χ0v) is 28.4. The molecule has 0 bridgehead atoms. The lowest BCUT2D eigenvalue weighted by Gasteiger charge is -2.54. The van der Waals surface area contributed by atoms with E-state index in [2.05, 4.69) is 11.5 Å². The Labute approximate surface area is 289 Å². The average molecular weight is 690 g/mol. The summed E-state index contributed by atoms with van der Waals surface area (Å²) in [6, 6.07) is 5.42. The molecule has 13 heteroatoms. The number of carbonyl (C=O) groups is 2. The van der Waals surface area contributed by atoms with Crippen LogP contribution in [0, 0.1) is 23.7 Å². The van der Waals surface area contributed by atoms with Crippen LogP contribution < -0.4 is 15.4 Å². The molecule has 4 fully saturated rings. The molecule has 3 N–H and O–H groups in total. The molecule has 4 heterocycles. The number of hydrogen-bond donors (Lipinski definition) is 2. The Kier molecular flexibility index (Phi) is 8.50. The highest BCUT2D eigenvalue weighted by Gasteiger charge is 2.47. The first-order chi connectivity index (χ1) is 23.8. The number of likely N-dealkylation sites (tertiary alicyclic amines) is 2. The molecule has 3 aliphatic heterocycles. The highest BCUT2D eigenvalue weighted by Crippen LogP contribution is 2.48. The number of nitrogens with zero attached hydrogens (tertiary/aromatic N) is 5. The van der Waals surface area contributed by atoms with Crippen molar-refractivity contribution in [2.24, 2.45) is 11.3 Å². The van der Waals surface area contributed by atoms with Crippen molar-refractivity contribution in [2.45, 2.75) is 58.0 Å². The van der Waals surface area contributed by atoms with Crippen LogP contribution in [0.3, 0.4) is 0 Å². The van der Waals surface area contributed by atoms with E-state index < -0.39 is 12.8 Å². The Morgan fingerprint density at radius 2 is 1.82 bits per heavy atom. The summed E-state index contributed by atoms with van der Waals surface area (Å²) in [4.78, 5) is 40.8. The number of alkyl halides is 3. The van der Waals surface area contributed by atoms with Crippen LogP contribution >= 0.6 is 0 Å². The van der Waals surface area contributed by atoms with Gasteiger partial charge >= 0.3 is 6.18 Å². The quantitative estimate of drug-likeness (QED) is 0.169. The van der Waals surface area contributed by atoms with E-state index in [-0.39, 0.29) is 40.3 Å². The normalized spacial score (nSPS) is 18.9. The SMILES string of the molecule is C=CC(=O)N1CC2(CCN(c3nc(C4CN(C(=O)C5CC5)C4)nc4c(OCC(F)(F)F)c(-c5c(C)ccc(N)c5C=N)c(CC)cc34)CC2)C1. The predicted octanol–water partition coefficient (Wildman–Crippen LogP) is 5.64. The minimum absolute atomic E-state index is 0.00906. The number of piperidine rings is 1. The summed E-state index contributed by atoms with van der Waals surface area (Å²) in [5.74, 6) is 1.02. The van der Waals surface area contributed by atoms with Crippen molar-refractivity contribution < 1.29 is 27.5 Å². The van der Waals surface area contributed by atoms with Crippen LogP contribution in [0.15, 0.2) is 30.9 Å². The summed E-state index contributed by atoms with van der Waals surface area (Å²) in [5, 5.41) is 8.78. The summed E-state index contributed by atoms with van der Waals surface area (Å²) in [6.07, 6.45) is 1.74. The first-order valence-corrected chi connectivity index (χ1v) is 17.3. The Bertz CT molecular complexity index is 1890. The zero-order valence-electron chi connectivity index (χ0n) is 28.4. The molecule has 3 aromatic rings. The molecule has 1 saturated carbocycles. The number of amides is 2. The number of halogens is 3. The van der Waals surface area contributed by atoms with Crippen molar-refractivity contribution in [3.8, 4) is 16.9 Å². The van der Waals surface area contributed by atoms with Crippen LogP contribution in [-0.4, -0.2) is 89.8 Å². The van der Waals surface area contributed by atoms with Gasteiger partial charge in [0.25, 0.3) is 0 Å². The number of fused-ring (bicyclic) bond motifs is 1. The molecule has 2 aromatic carbocycles. The summed E-state index contributed by atoms with van der Waals surface area (Å²) in [6.45, 7) is 9.36. The van der Waals surface area contributed by atoms with E-state index in [1.54, 1.807) is 17.0 Å². The third-order valence-corrected chi connectivity index (χ3v) is 10.8. The summed E-state index contributed by atoms with van der Waals surface area (Å²) in [7, 11) is 0. The van der Waals surface area contributed by atoms with Crippen molar-refractivity contribution in [3.63, 3.8) is 0 Å². The van der Waals surface area contributed by atoms with E-state index in [9.17, 15) is 22.8 Å². The fraction of sp³-hybridized carbons (Fsp3) is 0.486. The summed E-state index contributed by atoms with van der Waals surface area (Å²) >= 11 is 0. The molecule has 50 heavy (non-hydrogen) atoms. The average Bonchev–Trinajstić information content (AvgIpc) is 3.91. The van der Waals surface area contributed by atoms with Crippen molar-refractivity contribution in [1.82, 2.24) is 19.8 Å². The highest BCUT2D eigenvalue weighted by molar-refractivity contribution is 6.04. The van der Waals surface area contributed by atoms with Crippen molar-refractivity contribution in [3.05, 3.63) is 53.4 Å². The van der Waals surface area contributed by atoms with E-state index in [1.807, 2.05) is 24.8 Å². The highest BCUT2D eigenvalue weighted by atomic mass is 19.4. The van der Waals surface area contributed by atoms with Crippen LogP contribution in [0.25, 0.3) is 22.0 Å². The Morgan fingerprint density at radius 1 is 1.12 bits per heavy atom. The Morgan fingerprint density at radius 3 is 2.42 bits per heavy atom. The van der Waals surface area contributed by atoms with Gasteiger partial charge in [-0.3, -0.25) is 9.59 Å². The van der Waals surface area contributed by atoms with Crippen LogP contribution in [0.2, 0.25) is 0 Å². The molecule has 7 rings (SSSR count). The molecule has 264 valence electrons. The number of ether oxygens (including phenoxy) is 1. The number of nitrogens with one attached hydrogen (secondary N) is 1. The fourth-order valence-electron chi connectivity index (χ4n) is 7.76. The number of nitrogen functional groups attached to an aromatic ring is 1. The van der Waals surface area contributed by atoms with E-state index in [0.717, 1.165) is 43.0 Å². The standard InChI is InChI=1S/C37H42F3N7O3/c1-4-22-14-25-31(32(50-20-37(38,39)40)30(22)29-21(3)6-9-27(42)26(29)15-41)43-33(24-16-46(17-24)35(49)23-7-8-23)44-34(25)45-12-10-36(11-13-45)18-47(19-36)28(48)5-2/h5-6,9,14-15,23-24,41H,2,4,7-8,10-13,16-20,42H2,1,3H3. The molecule has 0 atom stereocenters. The van der Waals surface area contributed by atoms with Gasteiger partial charge in [-0.1, -0.05) is 19.6 Å². The van der Waals surface area contributed by atoms with E-state index >= 15 is 0 Å². The molecule has 0 radical (unpaired) electrons. The summed E-state index contributed by atoms with van der Waals surface area (Å²) < 4.78 is 47.5. The van der Waals surface area contributed by atoms with Gasteiger partial charge in [-0.15, -0.1) is 0 Å². The number of rotatable bonds is 9. The van der Waals surface area contributed by atoms with Crippen molar-refractivity contribution in [2.75, 3.05) is 56.5 Å². The van der Waals surface area contributed by atoms with E-state index in [0.29, 0.717) is 85.1 Å². The van der Waals surface area contributed by atoms with Crippen molar-refractivity contribution in [1.29, 1.82) is 5.41 Å². The van der Waals surface area contributed by atoms with Gasteiger partial charge in [0.1, 0.15) is 17.2 Å². The molecule has 2 amide bonds. The topological polar surface area (TPSA) is 129 Å². The van der Waals surface area contributed by atoms with Gasteiger partial charge in [-0.2, -0.15) is 13.2 Å². The molecule has 10 nitrogen and oxygen atoms in total. The largest absolute Gasteiger partial charge is 0.481 e. The van der Waals surface area contributed by atoms with Gasteiger partial charge in [0.15, 0.2) is 12.4 Å². The number of hydrogen-bond acceptors (Lipinski definition) is 8. The molecule has 0 unspecified atom stereocenters. The van der Waals surface area contributed by atoms with Gasteiger partial charge < -0.3 is 30.6 Å². The third kappa shape index (κ3) is 6.04. The molecule has 3 saturated heterocycles. The molecule has 1 aromatic heterocycles. The Balaban J connectivity index is 1.37. The van der Waals surface area contributed by atoms with Gasteiger partial charge in [0, 0.05) is 79.0 Å². The first-order valence-electron chi connectivity index (χ1n) is 17.3. The molecular formula is C37H42F3N7O3. The van der Waals surface area contributed by atoms with Gasteiger partial charge in [-0.05, 0) is 73.9 Å². The zero-order chi connectivity index (χ0) is 35.5. The second-order valence-corrected chi connectivity index (χ2v) is 14.3. The molecule has 1 spiro atoms. The summed E-state index contributed by atoms with van der Waals surface area (Å²) in [5.41, 5.74) is 9.73. The number of anilines is 2. The lowest BCUT2D eigenvalue weighted by molar-refractivity contribution is -0.153. The number of carbonyl (C=O) groups excluding carboxylic acids is 2. The molecular weight excluding hydrogens is 647 g/mol. The molecule has 4 aliphatic rings. The second kappa shape index (κ2) is 12.6. The maximum atomic E-state index is 13.9. The minimum Gasteiger partial charge on any atom is -0.481 e. The maximum absolute atomic E-state index is 13.9. The fourth-order valence-corrected chi connectivity index (χ4v) is 7.76. The lowest BCUT2D eigenvalue weighted by Crippen LogP contribution is -2.61. The number of aromatic nitrogens is 2. The van der Waals surface area contributed by atoms with Crippen molar-refractivity contribution >= 4 is 40.4 Å². The number of aryl methyl sites for hydroxylation is 2. The predicted molar refractivity (Wildman–Crippen MR) is 186 cm³/mol. The van der Waals surface area contributed by atoms with E-state index in [4.69, 9.17) is 25.8 Å². The van der Waals surface area contributed by atoms with E-state index in [1.165, 1.54) is 6.08 Å². The third-order valence-electron chi connectivity index (χ3n) is 10.8. The van der Waals surface area contributed by atoms with Crippen LogP contribution in [0.1, 0.15) is 61.0 Å². The van der Waals surface area contributed by atoms with Gasteiger partial charge in [-0.25, -0.2) is 9.97 Å². The second-order valence-electron chi connectivity index (χ2n) is 14.3. The number of benzene rings is 2. The smallest absolute Gasteiger partial charge is 0.422 e. The minimum atomic E-state index is -4.62. The first kappa shape index (κ1) is 33.8. The Hall–Kier alpha value is -4.68. The maximum Gasteiger partial charge on any atom is 0.422 e. The van der Waals surface area contributed by atoms with Crippen LogP contribution in [0.5, 0.6) is 5.75 Å². The van der Waals surface area contributed by atoms with Gasteiger partial charge in [0.2, 0.25) is 11.8 Å². The number of nitrogens with two attached hydrogens (primary N) is 1. The lowest BCUT2D eigenvalue weighted by atomic mass is 9.72.